The number of hydrogen-bond donors (Lipinski definition) is 1. The van der Waals surface area contributed by atoms with E-state index in [-0.39, 0.29) is 11.4 Å². The summed E-state index contributed by atoms with van der Waals surface area (Å²) in [5.41, 5.74) is 0.680. The first-order chi connectivity index (χ1) is 12.1. The van der Waals surface area contributed by atoms with Gasteiger partial charge in [0.25, 0.3) is 0 Å². The minimum Gasteiger partial charge on any atom is -0.495 e. The first-order valence-corrected chi connectivity index (χ1v) is 10.1. The SMILES string of the molecule is COc1ccc(Cl)cc1N([C@H](C)C(=O)Nc1ccc(Cl)cc1)S(C)(=O)=O. The summed E-state index contributed by atoms with van der Waals surface area (Å²) in [5, 5.41) is 3.51. The predicted octanol–water partition coefficient (Wildman–Crippen LogP) is 3.80. The van der Waals surface area contributed by atoms with E-state index in [1.54, 1.807) is 36.4 Å². The van der Waals surface area contributed by atoms with Crippen molar-refractivity contribution in [2.24, 2.45) is 0 Å². The van der Waals surface area contributed by atoms with Crippen molar-refractivity contribution in [3.63, 3.8) is 0 Å². The average molecular weight is 417 g/mol. The molecule has 0 unspecified atom stereocenters. The lowest BCUT2D eigenvalue weighted by atomic mass is 10.2. The summed E-state index contributed by atoms with van der Waals surface area (Å²) < 4.78 is 31.0. The summed E-state index contributed by atoms with van der Waals surface area (Å²) in [4.78, 5) is 12.6. The Morgan fingerprint density at radius 3 is 2.23 bits per heavy atom. The van der Waals surface area contributed by atoms with E-state index in [0.29, 0.717) is 15.7 Å². The van der Waals surface area contributed by atoms with E-state index in [1.165, 1.54) is 20.1 Å². The fourth-order valence-corrected chi connectivity index (χ4v) is 3.86. The molecule has 1 N–H and O–H groups in total. The number of methoxy groups -OCH3 is 1. The van der Waals surface area contributed by atoms with Gasteiger partial charge in [-0.3, -0.25) is 9.10 Å². The van der Waals surface area contributed by atoms with Gasteiger partial charge in [-0.1, -0.05) is 23.2 Å². The molecule has 0 bridgehead atoms. The summed E-state index contributed by atoms with van der Waals surface area (Å²) in [7, 11) is -2.39. The largest absolute Gasteiger partial charge is 0.495 e. The van der Waals surface area contributed by atoms with E-state index < -0.39 is 22.0 Å². The van der Waals surface area contributed by atoms with Crippen LogP contribution in [0.2, 0.25) is 10.0 Å². The second-order valence-electron chi connectivity index (χ2n) is 5.55. The maximum atomic E-state index is 12.6. The van der Waals surface area contributed by atoms with Crippen molar-refractivity contribution in [1.29, 1.82) is 0 Å². The van der Waals surface area contributed by atoms with Gasteiger partial charge in [0, 0.05) is 15.7 Å². The van der Waals surface area contributed by atoms with E-state index >= 15 is 0 Å². The number of carbonyl (C=O) groups is 1. The van der Waals surface area contributed by atoms with Crippen molar-refractivity contribution in [3.05, 3.63) is 52.5 Å². The highest BCUT2D eigenvalue weighted by Gasteiger charge is 2.31. The molecule has 0 radical (unpaired) electrons. The van der Waals surface area contributed by atoms with Crippen LogP contribution >= 0.6 is 23.2 Å². The Bertz CT molecular complexity index is 901. The number of rotatable bonds is 6. The third-order valence-corrected chi connectivity index (χ3v) is 5.29. The number of nitrogens with zero attached hydrogens (tertiary/aromatic N) is 1. The van der Waals surface area contributed by atoms with E-state index in [9.17, 15) is 13.2 Å². The minimum absolute atomic E-state index is 0.182. The molecule has 6 nitrogen and oxygen atoms in total. The van der Waals surface area contributed by atoms with Crippen molar-refractivity contribution < 1.29 is 17.9 Å². The Balaban J connectivity index is 2.39. The Morgan fingerprint density at radius 1 is 1.12 bits per heavy atom. The van der Waals surface area contributed by atoms with Gasteiger partial charge in [0.2, 0.25) is 15.9 Å². The van der Waals surface area contributed by atoms with Gasteiger partial charge in [-0.15, -0.1) is 0 Å². The molecule has 1 atom stereocenters. The molecule has 2 aromatic rings. The standard InChI is InChI=1S/C17H18Cl2N2O4S/c1-11(17(22)20-14-7-4-12(18)5-8-14)21(26(3,23)24)15-10-13(19)6-9-16(15)25-2/h4-11H,1-3H3,(H,20,22)/t11-/m1/s1. The molecule has 0 spiro atoms. The molecule has 2 aromatic carbocycles. The van der Waals surface area contributed by atoms with Gasteiger partial charge in [0.05, 0.1) is 19.1 Å². The number of amides is 1. The van der Waals surface area contributed by atoms with Crippen LogP contribution < -0.4 is 14.4 Å². The van der Waals surface area contributed by atoms with Gasteiger partial charge in [-0.2, -0.15) is 0 Å². The zero-order valence-corrected chi connectivity index (χ0v) is 16.7. The number of ether oxygens (including phenoxy) is 1. The van der Waals surface area contributed by atoms with E-state index in [1.807, 2.05) is 0 Å². The second kappa shape index (κ2) is 8.16. The lowest BCUT2D eigenvalue weighted by Gasteiger charge is -2.29. The van der Waals surface area contributed by atoms with Crippen molar-refractivity contribution in [1.82, 2.24) is 0 Å². The Hall–Kier alpha value is -1.96. The van der Waals surface area contributed by atoms with E-state index in [2.05, 4.69) is 5.32 Å². The highest BCUT2D eigenvalue weighted by molar-refractivity contribution is 7.92. The Kier molecular flexibility index (Phi) is 6.39. The molecule has 0 aliphatic rings. The molecule has 9 heteroatoms. The summed E-state index contributed by atoms with van der Waals surface area (Å²) in [6.45, 7) is 1.48. The molecule has 0 fully saturated rings. The quantitative estimate of drug-likeness (QED) is 0.776. The minimum atomic E-state index is -3.80. The van der Waals surface area contributed by atoms with Gasteiger partial charge in [-0.05, 0) is 49.4 Å². The molecule has 0 aromatic heterocycles. The lowest BCUT2D eigenvalue weighted by Crippen LogP contribution is -2.45. The van der Waals surface area contributed by atoms with Crippen LogP contribution in [0.25, 0.3) is 0 Å². The number of carbonyl (C=O) groups excluding carboxylic acids is 1. The zero-order valence-electron chi connectivity index (χ0n) is 14.4. The third-order valence-electron chi connectivity index (χ3n) is 3.58. The molecule has 0 saturated carbocycles. The Labute approximate surface area is 162 Å². The normalized spacial score (nSPS) is 12.3. The van der Waals surface area contributed by atoms with Crippen molar-refractivity contribution >= 4 is 50.5 Å². The first kappa shape index (κ1) is 20.4. The number of halogens is 2. The molecule has 26 heavy (non-hydrogen) atoms. The molecule has 0 saturated heterocycles. The summed E-state index contributed by atoms with van der Waals surface area (Å²) in [6, 6.07) is 9.99. The van der Waals surface area contributed by atoms with Gasteiger partial charge in [0.15, 0.2) is 0 Å². The Morgan fingerprint density at radius 2 is 1.69 bits per heavy atom. The molecule has 0 heterocycles. The van der Waals surface area contributed by atoms with Gasteiger partial charge < -0.3 is 10.1 Å². The summed E-state index contributed by atoms with van der Waals surface area (Å²) in [5.74, 6) is -0.231. The van der Waals surface area contributed by atoms with Gasteiger partial charge in [-0.25, -0.2) is 8.42 Å². The van der Waals surface area contributed by atoms with Crippen LogP contribution in [-0.2, 0) is 14.8 Å². The second-order valence-corrected chi connectivity index (χ2v) is 8.28. The van der Waals surface area contributed by atoms with Gasteiger partial charge in [0.1, 0.15) is 11.8 Å². The number of nitrogens with one attached hydrogen (secondary N) is 1. The first-order valence-electron chi connectivity index (χ1n) is 7.53. The maximum Gasteiger partial charge on any atom is 0.247 e. The average Bonchev–Trinajstić information content (AvgIpc) is 2.56. The highest BCUT2D eigenvalue weighted by atomic mass is 35.5. The third kappa shape index (κ3) is 4.81. The fraction of sp³-hybridized carbons (Fsp3) is 0.235. The van der Waals surface area contributed by atoms with E-state index in [4.69, 9.17) is 27.9 Å². The molecule has 2 rings (SSSR count). The molecule has 140 valence electrons. The van der Waals surface area contributed by atoms with Crippen molar-refractivity contribution in [2.45, 2.75) is 13.0 Å². The van der Waals surface area contributed by atoms with Crippen molar-refractivity contribution in [2.75, 3.05) is 23.0 Å². The molecule has 1 amide bonds. The fourth-order valence-electron chi connectivity index (χ4n) is 2.40. The number of sulfonamides is 1. The highest BCUT2D eigenvalue weighted by Crippen LogP contribution is 2.34. The number of anilines is 2. The maximum absolute atomic E-state index is 12.6. The van der Waals surface area contributed by atoms with Crippen LogP contribution in [0, 0.1) is 0 Å². The zero-order chi connectivity index (χ0) is 19.5. The molecule has 0 aliphatic heterocycles. The summed E-state index contributed by atoms with van der Waals surface area (Å²) >= 11 is 11.8. The van der Waals surface area contributed by atoms with Crippen LogP contribution in [-0.4, -0.2) is 33.7 Å². The van der Waals surface area contributed by atoms with Crippen molar-refractivity contribution in [3.8, 4) is 5.75 Å². The van der Waals surface area contributed by atoms with Gasteiger partial charge >= 0.3 is 0 Å². The topological polar surface area (TPSA) is 75.7 Å². The monoisotopic (exact) mass is 416 g/mol. The van der Waals surface area contributed by atoms with Crippen LogP contribution in [0.1, 0.15) is 6.92 Å². The molecular weight excluding hydrogens is 399 g/mol. The smallest absolute Gasteiger partial charge is 0.247 e. The number of hydrogen-bond acceptors (Lipinski definition) is 4. The van der Waals surface area contributed by atoms with Crippen LogP contribution in [0.5, 0.6) is 5.75 Å². The number of benzene rings is 2. The van der Waals surface area contributed by atoms with Crippen LogP contribution in [0.4, 0.5) is 11.4 Å². The van der Waals surface area contributed by atoms with E-state index in [0.717, 1.165) is 10.6 Å². The van der Waals surface area contributed by atoms with Crippen LogP contribution in [0.3, 0.4) is 0 Å². The van der Waals surface area contributed by atoms with Crippen LogP contribution in [0.15, 0.2) is 42.5 Å². The lowest BCUT2D eigenvalue weighted by molar-refractivity contribution is -0.116. The molecule has 0 aliphatic carbocycles. The molecular formula is C17H18Cl2N2O4S. The summed E-state index contributed by atoms with van der Waals surface area (Å²) in [6.07, 6.45) is 1.01. The predicted molar refractivity (Wildman–Crippen MR) is 105 cm³/mol.